The number of hydrogen-bond donors (Lipinski definition) is 1. The Labute approximate surface area is 147 Å². The van der Waals surface area contributed by atoms with E-state index in [-0.39, 0.29) is 10.8 Å². The van der Waals surface area contributed by atoms with Crippen LogP contribution in [0.15, 0.2) is 41.1 Å². The van der Waals surface area contributed by atoms with Crippen LogP contribution in [-0.4, -0.2) is 44.5 Å². The SMILES string of the molecule is O=C(O)c1ccc(-c2nccn2-c2ccc(C(=O)N3CCCC3)o2)s1. The van der Waals surface area contributed by atoms with E-state index in [0.717, 1.165) is 37.3 Å². The van der Waals surface area contributed by atoms with E-state index in [2.05, 4.69) is 4.98 Å². The summed E-state index contributed by atoms with van der Waals surface area (Å²) < 4.78 is 7.45. The number of amides is 1. The molecule has 0 aliphatic carbocycles. The number of hydrogen-bond acceptors (Lipinski definition) is 5. The Morgan fingerprint density at radius 2 is 1.96 bits per heavy atom. The second-order valence-electron chi connectivity index (χ2n) is 5.73. The number of furan rings is 1. The van der Waals surface area contributed by atoms with E-state index in [1.54, 1.807) is 46.1 Å². The van der Waals surface area contributed by atoms with Crippen LogP contribution in [0.25, 0.3) is 16.6 Å². The zero-order valence-electron chi connectivity index (χ0n) is 13.2. The molecule has 0 unspecified atom stereocenters. The molecule has 0 radical (unpaired) electrons. The topological polar surface area (TPSA) is 88.6 Å². The number of carbonyl (C=O) groups excluding carboxylic acids is 1. The predicted molar refractivity (Wildman–Crippen MR) is 91.2 cm³/mol. The second-order valence-corrected chi connectivity index (χ2v) is 6.81. The van der Waals surface area contributed by atoms with Gasteiger partial charge in [0, 0.05) is 31.5 Å². The minimum atomic E-state index is -0.967. The van der Waals surface area contributed by atoms with Crippen LogP contribution in [0.2, 0.25) is 0 Å². The van der Waals surface area contributed by atoms with Crippen molar-refractivity contribution in [3.63, 3.8) is 0 Å². The van der Waals surface area contributed by atoms with Crippen molar-refractivity contribution < 1.29 is 19.1 Å². The molecule has 0 atom stereocenters. The van der Waals surface area contributed by atoms with Crippen molar-refractivity contribution in [2.24, 2.45) is 0 Å². The summed E-state index contributed by atoms with van der Waals surface area (Å²) in [6, 6.07) is 6.65. The third kappa shape index (κ3) is 2.85. The van der Waals surface area contributed by atoms with Gasteiger partial charge in [-0.05, 0) is 31.0 Å². The molecule has 1 N–H and O–H groups in total. The zero-order chi connectivity index (χ0) is 17.4. The summed E-state index contributed by atoms with van der Waals surface area (Å²) in [5.74, 6) is 0.279. The van der Waals surface area contributed by atoms with Gasteiger partial charge in [0.1, 0.15) is 4.88 Å². The van der Waals surface area contributed by atoms with Crippen LogP contribution in [0, 0.1) is 0 Å². The van der Waals surface area contributed by atoms with Gasteiger partial charge < -0.3 is 14.4 Å². The maximum absolute atomic E-state index is 12.4. The number of nitrogens with zero attached hydrogens (tertiary/aromatic N) is 3. The zero-order valence-corrected chi connectivity index (χ0v) is 14.0. The number of rotatable bonds is 4. The Morgan fingerprint density at radius 1 is 1.16 bits per heavy atom. The highest BCUT2D eigenvalue weighted by atomic mass is 32.1. The minimum absolute atomic E-state index is 0.102. The molecule has 1 aliphatic rings. The molecule has 4 heterocycles. The molecule has 8 heteroatoms. The normalized spacial score (nSPS) is 14.2. The number of imidazole rings is 1. The molecule has 3 aromatic heterocycles. The molecule has 1 saturated heterocycles. The fourth-order valence-electron chi connectivity index (χ4n) is 2.88. The largest absolute Gasteiger partial charge is 0.477 e. The molecule has 1 amide bonds. The quantitative estimate of drug-likeness (QED) is 0.775. The predicted octanol–water partition coefficient (Wildman–Crippen LogP) is 3.13. The van der Waals surface area contributed by atoms with E-state index in [0.29, 0.717) is 22.3 Å². The molecule has 1 aliphatic heterocycles. The van der Waals surface area contributed by atoms with E-state index in [1.165, 1.54) is 0 Å². The lowest BCUT2D eigenvalue weighted by atomic mass is 10.4. The van der Waals surface area contributed by atoms with Crippen molar-refractivity contribution in [1.82, 2.24) is 14.5 Å². The van der Waals surface area contributed by atoms with Gasteiger partial charge >= 0.3 is 5.97 Å². The van der Waals surface area contributed by atoms with Crippen molar-refractivity contribution >= 4 is 23.2 Å². The number of likely N-dealkylation sites (tertiary alicyclic amines) is 1. The molecule has 0 aromatic carbocycles. The van der Waals surface area contributed by atoms with Crippen molar-refractivity contribution in [1.29, 1.82) is 0 Å². The summed E-state index contributed by atoms with van der Waals surface area (Å²) in [5, 5.41) is 9.07. The lowest BCUT2D eigenvalue weighted by Gasteiger charge is -2.12. The first kappa shape index (κ1) is 15.6. The van der Waals surface area contributed by atoms with E-state index in [9.17, 15) is 9.59 Å². The van der Waals surface area contributed by atoms with E-state index in [4.69, 9.17) is 9.52 Å². The molecule has 0 spiro atoms. The Morgan fingerprint density at radius 3 is 2.68 bits per heavy atom. The number of carbonyl (C=O) groups is 2. The van der Waals surface area contributed by atoms with Crippen molar-refractivity contribution in [2.75, 3.05) is 13.1 Å². The maximum Gasteiger partial charge on any atom is 0.345 e. The molecular formula is C17H15N3O4S. The first-order valence-corrected chi connectivity index (χ1v) is 8.71. The summed E-state index contributed by atoms with van der Waals surface area (Å²) in [5.41, 5.74) is 0. The van der Waals surface area contributed by atoms with Crippen LogP contribution in [0.4, 0.5) is 0 Å². The Bertz CT molecular complexity index is 933. The van der Waals surface area contributed by atoms with Gasteiger partial charge in [-0.1, -0.05) is 0 Å². The maximum atomic E-state index is 12.4. The van der Waals surface area contributed by atoms with Gasteiger partial charge in [-0.25, -0.2) is 9.78 Å². The lowest BCUT2D eigenvalue weighted by molar-refractivity contribution is 0.0701. The van der Waals surface area contributed by atoms with E-state index < -0.39 is 5.97 Å². The number of carboxylic acid groups (broad SMARTS) is 1. The summed E-state index contributed by atoms with van der Waals surface area (Å²) >= 11 is 1.14. The standard InChI is InChI=1S/C17H15N3O4S/c21-16(19-8-1-2-9-19)11-3-6-14(24-11)20-10-7-18-15(20)12-4-5-13(25-12)17(22)23/h3-7,10H,1-2,8-9H2,(H,22,23). The monoisotopic (exact) mass is 357 g/mol. The molecule has 1 fully saturated rings. The van der Waals surface area contributed by atoms with Crippen LogP contribution >= 0.6 is 11.3 Å². The van der Waals surface area contributed by atoms with Crippen molar-refractivity contribution in [3.05, 3.63) is 47.3 Å². The highest BCUT2D eigenvalue weighted by Gasteiger charge is 2.23. The van der Waals surface area contributed by atoms with Gasteiger partial charge in [0.25, 0.3) is 5.91 Å². The Kier molecular flexibility index (Phi) is 3.89. The molecule has 128 valence electrons. The molecule has 4 rings (SSSR count). The lowest BCUT2D eigenvalue weighted by Crippen LogP contribution is -2.27. The first-order valence-electron chi connectivity index (χ1n) is 7.90. The second kappa shape index (κ2) is 6.21. The summed E-state index contributed by atoms with van der Waals surface area (Å²) in [4.78, 5) is 30.5. The summed E-state index contributed by atoms with van der Waals surface area (Å²) in [6.45, 7) is 1.52. The van der Waals surface area contributed by atoms with Crippen LogP contribution < -0.4 is 0 Å². The van der Waals surface area contributed by atoms with Gasteiger partial charge in [-0.15, -0.1) is 11.3 Å². The van der Waals surface area contributed by atoms with Crippen molar-refractivity contribution in [3.8, 4) is 16.6 Å². The molecule has 7 nitrogen and oxygen atoms in total. The van der Waals surface area contributed by atoms with Crippen LogP contribution in [-0.2, 0) is 0 Å². The first-order chi connectivity index (χ1) is 12.1. The fraction of sp³-hybridized carbons (Fsp3) is 0.235. The minimum Gasteiger partial charge on any atom is -0.477 e. The van der Waals surface area contributed by atoms with E-state index in [1.807, 2.05) is 0 Å². The average molecular weight is 357 g/mol. The number of aromatic nitrogens is 2. The molecule has 3 aromatic rings. The Hall–Kier alpha value is -2.87. The smallest absolute Gasteiger partial charge is 0.345 e. The highest BCUT2D eigenvalue weighted by Crippen LogP contribution is 2.29. The van der Waals surface area contributed by atoms with Gasteiger partial charge in [0.05, 0.1) is 4.88 Å². The third-order valence-electron chi connectivity index (χ3n) is 4.11. The summed E-state index contributed by atoms with van der Waals surface area (Å²) in [7, 11) is 0. The van der Waals surface area contributed by atoms with Crippen molar-refractivity contribution in [2.45, 2.75) is 12.8 Å². The van der Waals surface area contributed by atoms with Gasteiger partial charge in [-0.3, -0.25) is 9.36 Å². The number of aromatic carboxylic acids is 1. The average Bonchev–Trinajstić information content (AvgIpc) is 3.41. The van der Waals surface area contributed by atoms with Crippen LogP contribution in [0.3, 0.4) is 0 Å². The highest BCUT2D eigenvalue weighted by molar-refractivity contribution is 7.17. The molecule has 0 saturated carbocycles. The van der Waals surface area contributed by atoms with Gasteiger partial charge in [0.2, 0.25) is 5.88 Å². The molecular weight excluding hydrogens is 342 g/mol. The fourth-order valence-corrected chi connectivity index (χ4v) is 3.72. The van der Waals surface area contributed by atoms with Crippen LogP contribution in [0.1, 0.15) is 33.1 Å². The third-order valence-corrected chi connectivity index (χ3v) is 5.18. The number of carboxylic acids is 1. The van der Waals surface area contributed by atoms with Gasteiger partial charge in [-0.2, -0.15) is 0 Å². The number of thiophene rings is 1. The van der Waals surface area contributed by atoms with E-state index >= 15 is 0 Å². The van der Waals surface area contributed by atoms with Crippen LogP contribution in [0.5, 0.6) is 0 Å². The molecule has 0 bridgehead atoms. The molecule has 25 heavy (non-hydrogen) atoms. The van der Waals surface area contributed by atoms with Gasteiger partial charge in [0.15, 0.2) is 11.6 Å². The summed E-state index contributed by atoms with van der Waals surface area (Å²) in [6.07, 6.45) is 5.38. The Balaban J connectivity index is 1.64.